The predicted molar refractivity (Wildman–Crippen MR) is 63.6 cm³/mol. The van der Waals surface area contributed by atoms with Crippen LogP contribution in [0.1, 0.15) is 5.56 Å². The third kappa shape index (κ3) is 2.82. The van der Waals surface area contributed by atoms with Crippen LogP contribution in [0.5, 0.6) is 11.5 Å². The molecule has 8 nitrogen and oxygen atoms in total. The molecule has 0 bridgehead atoms. The number of hydrogen-bond acceptors (Lipinski definition) is 7. The lowest BCUT2D eigenvalue weighted by atomic mass is 10.2. The lowest BCUT2D eigenvalue weighted by Gasteiger charge is -1.99. The summed E-state index contributed by atoms with van der Waals surface area (Å²) in [5.74, 6) is 0.0175. The molecular weight excluding hydrogens is 238 g/mol. The number of aromatic amines is 1. The maximum absolute atomic E-state index is 10.8. The molecule has 0 aliphatic carbocycles. The molecule has 0 saturated heterocycles. The minimum Gasteiger partial charge on any atom is -0.508 e. The fourth-order valence-electron chi connectivity index (χ4n) is 1.17. The number of nitrogens with one attached hydrogen (secondary N) is 2. The molecule has 0 saturated carbocycles. The van der Waals surface area contributed by atoms with Crippen LogP contribution in [-0.2, 0) is 0 Å². The van der Waals surface area contributed by atoms with Crippen LogP contribution in [-0.4, -0.2) is 31.6 Å². The highest BCUT2D eigenvalue weighted by Crippen LogP contribution is 2.20. The zero-order valence-corrected chi connectivity index (χ0v) is 9.03. The van der Waals surface area contributed by atoms with Crippen LogP contribution >= 0.6 is 0 Å². The molecule has 0 spiro atoms. The summed E-state index contributed by atoms with van der Waals surface area (Å²) in [6.07, 6.45) is 2.60. The molecule has 1 aromatic carbocycles. The molecule has 0 aliphatic rings. The molecular formula is C10H9N5O3. The molecule has 4 N–H and O–H groups in total. The maximum atomic E-state index is 10.8. The second-order valence-corrected chi connectivity index (χ2v) is 3.29. The van der Waals surface area contributed by atoms with Crippen LogP contribution in [0.2, 0.25) is 0 Å². The Balaban J connectivity index is 2.10. The Hall–Kier alpha value is -2.90. The molecule has 92 valence electrons. The number of hydrogen-bond donors (Lipinski definition) is 4. The molecule has 18 heavy (non-hydrogen) atoms. The summed E-state index contributed by atoms with van der Waals surface area (Å²) in [7, 11) is 0. The van der Waals surface area contributed by atoms with Gasteiger partial charge in [-0.15, -0.1) is 0 Å². The highest BCUT2D eigenvalue weighted by atomic mass is 16.3. The van der Waals surface area contributed by atoms with Crippen molar-refractivity contribution in [3.05, 3.63) is 40.4 Å². The first-order valence-electron chi connectivity index (χ1n) is 4.88. The van der Waals surface area contributed by atoms with Gasteiger partial charge in [0, 0.05) is 11.6 Å². The largest absolute Gasteiger partial charge is 0.508 e. The van der Waals surface area contributed by atoms with E-state index in [-0.39, 0.29) is 17.3 Å². The van der Waals surface area contributed by atoms with Gasteiger partial charge in [-0.1, -0.05) is 0 Å². The minimum absolute atomic E-state index is 0.0435. The molecule has 1 heterocycles. The van der Waals surface area contributed by atoms with Gasteiger partial charge in [-0.05, 0) is 12.1 Å². The van der Waals surface area contributed by atoms with Gasteiger partial charge in [0.25, 0.3) is 0 Å². The number of aromatic nitrogens is 3. The van der Waals surface area contributed by atoms with E-state index in [1.165, 1.54) is 30.6 Å². The lowest BCUT2D eigenvalue weighted by Crippen LogP contribution is -2.13. The molecule has 0 radical (unpaired) electrons. The van der Waals surface area contributed by atoms with Crippen LogP contribution < -0.4 is 11.1 Å². The average molecular weight is 247 g/mol. The van der Waals surface area contributed by atoms with E-state index in [4.69, 9.17) is 5.11 Å². The van der Waals surface area contributed by atoms with Crippen molar-refractivity contribution in [1.29, 1.82) is 0 Å². The van der Waals surface area contributed by atoms with Gasteiger partial charge in [-0.3, -0.25) is 5.43 Å². The fourth-order valence-corrected chi connectivity index (χ4v) is 1.17. The number of aromatic hydroxyl groups is 2. The van der Waals surface area contributed by atoms with Crippen molar-refractivity contribution in [2.24, 2.45) is 5.10 Å². The van der Waals surface area contributed by atoms with Gasteiger partial charge in [0.05, 0.1) is 12.4 Å². The Bertz CT molecular complexity index is 637. The number of hydrazone groups is 1. The first kappa shape index (κ1) is 11.6. The van der Waals surface area contributed by atoms with E-state index in [0.29, 0.717) is 5.56 Å². The second-order valence-electron chi connectivity index (χ2n) is 3.29. The van der Waals surface area contributed by atoms with Gasteiger partial charge in [0.15, 0.2) is 5.82 Å². The molecule has 0 amide bonds. The number of benzene rings is 1. The van der Waals surface area contributed by atoms with Gasteiger partial charge in [-0.2, -0.15) is 15.2 Å². The van der Waals surface area contributed by atoms with E-state index >= 15 is 0 Å². The van der Waals surface area contributed by atoms with Crippen LogP contribution in [0.4, 0.5) is 5.82 Å². The van der Waals surface area contributed by atoms with Crippen molar-refractivity contribution in [3.63, 3.8) is 0 Å². The third-order valence-corrected chi connectivity index (χ3v) is 1.97. The summed E-state index contributed by atoms with van der Waals surface area (Å²) >= 11 is 0. The number of rotatable bonds is 3. The Morgan fingerprint density at radius 2 is 2.22 bits per heavy atom. The second kappa shape index (κ2) is 4.95. The van der Waals surface area contributed by atoms with Crippen LogP contribution in [0.3, 0.4) is 0 Å². The van der Waals surface area contributed by atoms with Gasteiger partial charge in [0.2, 0.25) is 0 Å². The van der Waals surface area contributed by atoms with E-state index in [1.807, 2.05) is 0 Å². The molecule has 0 aliphatic heterocycles. The molecule has 0 unspecified atom stereocenters. The molecule has 1 aromatic heterocycles. The Morgan fingerprint density at radius 1 is 1.39 bits per heavy atom. The van der Waals surface area contributed by atoms with Crippen molar-refractivity contribution in [3.8, 4) is 11.5 Å². The molecule has 2 rings (SSSR count). The highest BCUT2D eigenvalue weighted by molar-refractivity contribution is 5.84. The number of anilines is 1. The van der Waals surface area contributed by atoms with Crippen LogP contribution in [0.15, 0.2) is 34.3 Å². The maximum Gasteiger partial charge on any atom is 0.363 e. The topological polar surface area (TPSA) is 123 Å². The summed E-state index contributed by atoms with van der Waals surface area (Å²) in [4.78, 5) is 14.4. The SMILES string of the molecule is O=c1nc(NN=Cc2ccc(O)cc2O)cn[nH]1. The summed E-state index contributed by atoms with van der Waals surface area (Å²) in [5.41, 5.74) is 2.28. The molecule has 2 aromatic rings. The first-order chi connectivity index (χ1) is 8.65. The van der Waals surface area contributed by atoms with Gasteiger partial charge in [0.1, 0.15) is 11.5 Å². The van der Waals surface area contributed by atoms with E-state index < -0.39 is 5.69 Å². The normalized spacial score (nSPS) is 10.7. The summed E-state index contributed by atoms with van der Waals surface area (Å²) in [6.45, 7) is 0. The van der Waals surface area contributed by atoms with Crippen molar-refractivity contribution in [2.45, 2.75) is 0 Å². The smallest absolute Gasteiger partial charge is 0.363 e. The predicted octanol–water partition coefficient (Wildman–Crippen LogP) is 0.0221. The number of nitrogens with zero attached hydrogens (tertiary/aromatic N) is 3. The molecule has 0 fully saturated rings. The van der Waals surface area contributed by atoms with Crippen molar-refractivity contribution in [1.82, 2.24) is 15.2 Å². The minimum atomic E-state index is -0.595. The number of phenolic OH excluding ortho intramolecular Hbond substituents is 2. The number of H-pyrrole nitrogens is 1. The summed E-state index contributed by atoms with van der Waals surface area (Å²) in [5, 5.41) is 28.0. The monoisotopic (exact) mass is 247 g/mol. The number of phenols is 2. The van der Waals surface area contributed by atoms with Gasteiger partial charge >= 0.3 is 5.69 Å². The Morgan fingerprint density at radius 3 is 2.94 bits per heavy atom. The summed E-state index contributed by atoms with van der Waals surface area (Å²) < 4.78 is 0. The lowest BCUT2D eigenvalue weighted by molar-refractivity contribution is 0.450. The summed E-state index contributed by atoms with van der Waals surface area (Å²) in [6, 6.07) is 4.09. The third-order valence-electron chi connectivity index (χ3n) is 1.97. The quantitative estimate of drug-likeness (QED) is 0.448. The Kier molecular flexibility index (Phi) is 3.19. The zero-order valence-electron chi connectivity index (χ0n) is 9.03. The van der Waals surface area contributed by atoms with Crippen molar-refractivity contribution < 1.29 is 10.2 Å². The molecule has 8 heteroatoms. The highest BCUT2D eigenvalue weighted by Gasteiger charge is 1.99. The molecule has 0 atom stereocenters. The Labute approximate surface area is 101 Å². The van der Waals surface area contributed by atoms with E-state index in [1.54, 1.807) is 0 Å². The standard InChI is InChI=1S/C10H9N5O3/c16-7-2-1-6(8(17)3-7)4-11-14-9-5-12-15-10(18)13-9/h1-5,16-17H,(H2,13,14,15,18). The van der Waals surface area contributed by atoms with Gasteiger partial charge < -0.3 is 10.2 Å². The van der Waals surface area contributed by atoms with Gasteiger partial charge in [-0.25, -0.2) is 9.89 Å². The van der Waals surface area contributed by atoms with E-state index in [2.05, 4.69) is 25.7 Å². The zero-order chi connectivity index (χ0) is 13.0. The average Bonchev–Trinajstić information content (AvgIpc) is 2.32. The fraction of sp³-hybridized carbons (Fsp3) is 0. The van der Waals surface area contributed by atoms with E-state index in [0.717, 1.165) is 0 Å². The van der Waals surface area contributed by atoms with E-state index in [9.17, 15) is 9.90 Å². The van der Waals surface area contributed by atoms with Crippen molar-refractivity contribution >= 4 is 12.0 Å². The first-order valence-corrected chi connectivity index (χ1v) is 4.88. The van der Waals surface area contributed by atoms with Crippen LogP contribution in [0.25, 0.3) is 0 Å². The van der Waals surface area contributed by atoms with Crippen molar-refractivity contribution in [2.75, 3.05) is 5.43 Å². The van der Waals surface area contributed by atoms with Crippen LogP contribution in [0, 0.1) is 0 Å².